The second-order valence-corrected chi connectivity index (χ2v) is 8.07. The number of benzene rings is 1. The summed E-state index contributed by atoms with van der Waals surface area (Å²) in [5.74, 6) is -1.34. The molecule has 0 spiro atoms. The van der Waals surface area contributed by atoms with Crippen LogP contribution in [0.3, 0.4) is 0 Å². The van der Waals surface area contributed by atoms with Crippen LogP contribution in [0.5, 0.6) is 0 Å². The van der Waals surface area contributed by atoms with E-state index in [0.717, 1.165) is 5.56 Å². The molecule has 0 saturated heterocycles. The SMILES string of the molecule is Cc1ccc(C(=O)C(=O)Nc2nc(-c3cc(Cl)sc3Cl)cs2)cc1. The van der Waals surface area contributed by atoms with E-state index in [-0.39, 0.29) is 0 Å². The molecule has 0 bridgehead atoms. The number of anilines is 1. The summed E-state index contributed by atoms with van der Waals surface area (Å²) in [6.45, 7) is 1.91. The van der Waals surface area contributed by atoms with Crippen molar-refractivity contribution in [3.8, 4) is 11.3 Å². The molecule has 2 aromatic heterocycles. The quantitative estimate of drug-likeness (QED) is 0.480. The number of ketones is 1. The Hall–Kier alpha value is -1.73. The zero-order valence-corrected chi connectivity index (χ0v) is 15.4. The Labute approximate surface area is 156 Å². The highest BCUT2D eigenvalue weighted by atomic mass is 35.5. The molecule has 0 saturated carbocycles. The highest BCUT2D eigenvalue weighted by Crippen LogP contribution is 2.38. The maximum atomic E-state index is 12.1. The molecular formula is C16H10Cl2N2O2S2. The smallest absolute Gasteiger partial charge is 0.295 e. The molecule has 1 aromatic carbocycles. The van der Waals surface area contributed by atoms with Crippen molar-refractivity contribution >= 4 is 62.7 Å². The van der Waals surface area contributed by atoms with Gasteiger partial charge in [0.15, 0.2) is 5.13 Å². The summed E-state index contributed by atoms with van der Waals surface area (Å²) < 4.78 is 1.09. The van der Waals surface area contributed by atoms with Crippen molar-refractivity contribution in [2.45, 2.75) is 6.92 Å². The zero-order chi connectivity index (χ0) is 17.3. The third kappa shape index (κ3) is 3.67. The van der Waals surface area contributed by atoms with Crippen LogP contribution >= 0.6 is 45.9 Å². The molecular weight excluding hydrogens is 387 g/mol. The van der Waals surface area contributed by atoms with E-state index in [0.29, 0.717) is 30.6 Å². The number of aryl methyl sites for hydroxylation is 1. The Kier molecular flexibility index (Phi) is 5.01. The van der Waals surface area contributed by atoms with Gasteiger partial charge in [-0.25, -0.2) is 4.98 Å². The van der Waals surface area contributed by atoms with Crippen LogP contribution in [0.2, 0.25) is 8.67 Å². The Morgan fingerprint density at radius 2 is 1.88 bits per heavy atom. The first kappa shape index (κ1) is 17.1. The van der Waals surface area contributed by atoms with Gasteiger partial charge in [0.2, 0.25) is 0 Å². The summed E-state index contributed by atoms with van der Waals surface area (Å²) >= 11 is 14.5. The average Bonchev–Trinajstić information content (AvgIpc) is 3.13. The van der Waals surface area contributed by atoms with Crippen LogP contribution in [-0.4, -0.2) is 16.7 Å². The van der Waals surface area contributed by atoms with Crippen LogP contribution < -0.4 is 5.32 Å². The summed E-state index contributed by atoms with van der Waals surface area (Å²) in [6, 6.07) is 8.52. The number of halogens is 2. The molecule has 0 fully saturated rings. The normalized spacial score (nSPS) is 10.6. The van der Waals surface area contributed by atoms with E-state index < -0.39 is 11.7 Å². The monoisotopic (exact) mass is 396 g/mol. The lowest BCUT2D eigenvalue weighted by Crippen LogP contribution is -2.22. The lowest BCUT2D eigenvalue weighted by Gasteiger charge is -2.01. The second-order valence-electron chi connectivity index (χ2n) is 4.93. The number of hydrogen-bond donors (Lipinski definition) is 1. The molecule has 0 radical (unpaired) electrons. The van der Waals surface area contributed by atoms with Gasteiger partial charge in [-0.3, -0.25) is 14.9 Å². The van der Waals surface area contributed by atoms with Gasteiger partial charge in [0.05, 0.1) is 10.0 Å². The molecule has 1 amide bonds. The van der Waals surface area contributed by atoms with Gasteiger partial charge in [-0.2, -0.15) is 0 Å². The van der Waals surface area contributed by atoms with Gasteiger partial charge >= 0.3 is 0 Å². The third-order valence-corrected chi connectivity index (χ3v) is 5.42. The Bertz CT molecular complexity index is 917. The van der Waals surface area contributed by atoms with E-state index in [1.54, 1.807) is 35.7 Å². The second kappa shape index (κ2) is 7.03. The summed E-state index contributed by atoms with van der Waals surface area (Å²) in [4.78, 5) is 28.5. The van der Waals surface area contributed by atoms with Crippen molar-refractivity contribution in [2.24, 2.45) is 0 Å². The maximum Gasteiger partial charge on any atom is 0.298 e. The molecule has 3 aromatic rings. The van der Waals surface area contributed by atoms with E-state index in [1.807, 2.05) is 6.92 Å². The van der Waals surface area contributed by atoms with Gasteiger partial charge in [-0.15, -0.1) is 22.7 Å². The van der Waals surface area contributed by atoms with Crippen LogP contribution in [-0.2, 0) is 4.79 Å². The molecule has 122 valence electrons. The number of amides is 1. The average molecular weight is 397 g/mol. The predicted molar refractivity (Wildman–Crippen MR) is 99.6 cm³/mol. The van der Waals surface area contributed by atoms with Gasteiger partial charge < -0.3 is 0 Å². The highest BCUT2D eigenvalue weighted by Gasteiger charge is 2.18. The number of aromatic nitrogens is 1. The first-order chi connectivity index (χ1) is 11.4. The van der Waals surface area contributed by atoms with Crippen LogP contribution in [0, 0.1) is 6.92 Å². The fourth-order valence-corrected chi connectivity index (χ4v) is 4.15. The molecule has 3 rings (SSSR count). The van der Waals surface area contributed by atoms with Crippen LogP contribution in [0.1, 0.15) is 15.9 Å². The van der Waals surface area contributed by atoms with Crippen molar-refractivity contribution in [3.63, 3.8) is 0 Å². The van der Waals surface area contributed by atoms with E-state index in [4.69, 9.17) is 23.2 Å². The summed E-state index contributed by atoms with van der Waals surface area (Å²) in [5.41, 5.74) is 2.66. The van der Waals surface area contributed by atoms with Crippen LogP contribution in [0.4, 0.5) is 5.13 Å². The number of carbonyl (C=O) groups is 2. The third-order valence-electron chi connectivity index (χ3n) is 3.18. The molecule has 8 heteroatoms. The molecule has 4 nitrogen and oxygen atoms in total. The minimum Gasteiger partial charge on any atom is -0.295 e. The molecule has 2 heterocycles. The van der Waals surface area contributed by atoms with E-state index >= 15 is 0 Å². The Morgan fingerprint density at radius 3 is 2.50 bits per heavy atom. The topological polar surface area (TPSA) is 59.1 Å². The van der Waals surface area contributed by atoms with Crippen LogP contribution in [0.25, 0.3) is 11.3 Å². The van der Waals surface area contributed by atoms with Crippen molar-refractivity contribution < 1.29 is 9.59 Å². The summed E-state index contributed by atoms with van der Waals surface area (Å²) in [6.07, 6.45) is 0. The fourth-order valence-electron chi connectivity index (χ4n) is 1.96. The van der Waals surface area contributed by atoms with Crippen molar-refractivity contribution in [3.05, 3.63) is 55.5 Å². The number of nitrogens with one attached hydrogen (secondary N) is 1. The number of hydrogen-bond acceptors (Lipinski definition) is 5. The minimum atomic E-state index is -0.728. The Morgan fingerprint density at radius 1 is 1.17 bits per heavy atom. The fraction of sp³-hybridized carbons (Fsp3) is 0.0625. The number of thiophene rings is 1. The predicted octanol–water partition coefficient (Wildman–Crippen LogP) is 5.31. The van der Waals surface area contributed by atoms with Gasteiger partial charge in [-0.05, 0) is 13.0 Å². The number of thiazole rings is 1. The van der Waals surface area contributed by atoms with Crippen molar-refractivity contribution in [1.29, 1.82) is 0 Å². The van der Waals surface area contributed by atoms with E-state index in [9.17, 15) is 9.59 Å². The highest BCUT2D eigenvalue weighted by molar-refractivity contribution is 7.20. The molecule has 0 aliphatic carbocycles. The van der Waals surface area contributed by atoms with Crippen molar-refractivity contribution in [2.75, 3.05) is 5.32 Å². The van der Waals surface area contributed by atoms with Gasteiger partial charge in [0.25, 0.3) is 11.7 Å². The molecule has 24 heavy (non-hydrogen) atoms. The largest absolute Gasteiger partial charge is 0.298 e. The Balaban J connectivity index is 1.74. The zero-order valence-electron chi connectivity index (χ0n) is 12.3. The minimum absolute atomic E-state index is 0.328. The van der Waals surface area contributed by atoms with Gasteiger partial charge in [-0.1, -0.05) is 53.0 Å². The number of Topliss-reactive ketones (excluding diaryl/α,β-unsaturated/α-hetero) is 1. The first-order valence-corrected chi connectivity index (χ1v) is 9.22. The summed E-state index contributed by atoms with van der Waals surface area (Å²) in [7, 11) is 0. The number of nitrogens with zero attached hydrogens (tertiary/aromatic N) is 1. The molecule has 0 aliphatic heterocycles. The molecule has 0 aliphatic rings. The van der Waals surface area contributed by atoms with E-state index in [2.05, 4.69) is 10.3 Å². The van der Waals surface area contributed by atoms with Gasteiger partial charge in [0, 0.05) is 16.5 Å². The molecule has 0 unspecified atom stereocenters. The van der Waals surface area contributed by atoms with Crippen molar-refractivity contribution in [1.82, 2.24) is 4.98 Å². The lowest BCUT2D eigenvalue weighted by atomic mass is 10.1. The lowest BCUT2D eigenvalue weighted by molar-refractivity contribution is -0.112. The first-order valence-electron chi connectivity index (χ1n) is 6.77. The number of rotatable bonds is 4. The standard InChI is InChI=1S/C16H10Cl2N2O2S2/c1-8-2-4-9(5-3-8)13(21)15(22)20-16-19-11(7-23-16)10-6-12(17)24-14(10)18/h2-7H,1H3,(H,19,20,22). The molecule has 0 atom stereocenters. The maximum absolute atomic E-state index is 12.1. The van der Waals surface area contributed by atoms with Gasteiger partial charge in [0.1, 0.15) is 4.34 Å². The summed E-state index contributed by atoms with van der Waals surface area (Å²) in [5, 5.41) is 4.59. The van der Waals surface area contributed by atoms with Crippen LogP contribution in [0.15, 0.2) is 35.7 Å². The van der Waals surface area contributed by atoms with E-state index in [1.165, 1.54) is 22.7 Å². The number of carbonyl (C=O) groups excluding carboxylic acids is 2. The molecule has 1 N–H and O–H groups in total.